The molecule has 23 heavy (non-hydrogen) atoms. The number of hydrogen-bond acceptors (Lipinski definition) is 4. The monoisotopic (exact) mass is 309 g/mol. The van der Waals surface area contributed by atoms with Crippen molar-refractivity contribution in [1.82, 2.24) is 25.1 Å². The van der Waals surface area contributed by atoms with Crippen molar-refractivity contribution in [3.05, 3.63) is 82.3 Å². The van der Waals surface area contributed by atoms with Crippen LogP contribution in [0.4, 0.5) is 0 Å². The lowest BCUT2D eigenvalue weighted by atomic mass is 10.1. The number of carbonyl (C=O) groups is 1. The molecule has 0 atom stereocenters. The maximum Gasteiger partial charge on any atom is 0.253 e. The Morgan fingerprint density at radius 3 is 2.70 bits per heavy atom. The van der Waals surface area contributed by atoms with Crippen molar-refractivity contribution in [2.75, 3.05) is 0 Å². The summed E-state index contributed by atoms with van der Waals surface area (Å²) < 4.78 is 1.72. The van der Waals surface area contributed by atoms with Crippen LogP contribution in [0, 0.1) is 0 Å². The number of amides is 1. The van der Waals surface area contributed by atoms with Crippen LogP contribution in [0.2, 0.25) is 0 Å². The second kappa shape index (κ2) is 6.69. The number of nitrogens with one attached hydrogen (secondary N) is 2. The Kier molecular flexibility index (Phi) is 4.28. The van der Waals surface area contributed by atoms with E-state index in [9.17, 15) is 9.59 Å². The molecule has 3 aromatic rings. The van der Waals surface area contributed by atoms with Crippen molar-refractivity contribution in [3.63, 3.8) is 0 Å². The second-order valence-corrected chi connectivity index (χ2v) is 4.99. The highest BCUT2D eigenvalue weighted by molar-refractivity contribution is 5.93. The van der Waals surface area contributed by atoms with Gasteiger partial charge in [-0.25, -0.2) is 9.67 Å². The first kappa shape index (κ1) is 14.7. The van der Waals surface area contributed by atoms with Crippen LogP contribution in [-0.2, 0) is 13.1 Å². The molecule has 2 N–H and O–H groups in total. The van der Waals surface area contributed by atoms with E-state index in [2.05, 4.69) is 20.4 Å². The molecule has 0 aliphatic rings. The minimum Gasteiger partial charge on any atom is -0.348 e. The van der Waals surface area contributed by atoms with Gasteiger partial charge >= 0.3 is 0 Å². The molecule has 0 fully saturated rings. The van der Waals surface area contributed by atoms with Crippen LogP contribution in [0.5, 0.6) is 0 Å². The molecule has 0 aliphatic carbocycles. The van der Waals surface area contributed by atoms with Gasteiger partial charge in [0, 0.05) is 18.8 Å². The molecule has 2 aromatic heterocycles. The van der Waals surface area contributed by atoms with Gasteiger partial charge in [0.1, 0.15) is 12.7 Å². The molecular formula is C16H15N5O2. The van der Waals surface area contributed by atoms with E-state index in [-0.39, 0.29) is 11.5 Å². The number of pyridine rings is 1. The Labute approximate surface area is 132 Å². The van der Waals surface area contributed by atoms with E-state index in [0.717, 1.165) is 11.1 Å². The van der Waals surface area contributed by atoms with Gasteiger partial charge in [-0.2, -0.15) is 5.10 Å². The molecule has 0 saturated heterocycles. The Hall–Kier alpha value is -3.22. The predicted octanol–water partition coefficient (Wildman–Crippen LogP) is 0.945. The van der Waals surface area contributed by atoms with Crippen LogP contribution in [0.15, 0.2) is 60.0 Å². The minimum absolute atomic E-state index is 0.236. The number of nitrogens with zero attached hydrogens (tertiary/aromatic N) is 3. The maximum atomic E-state index is 12.1. The summed E-state index contributed by atoms with van der Waals surface area (Å²) in [5.41, 5.74) is 2.23. The number of H-pyrrole nitrogens is 1. The Balaban J connectivity index is 1.69. The van der Waals surface area contributed by atoms with Crippen LogP contribution in [0.25, 0.3) is 0 Å². The van der Waals surface area contributed by atoms with Gasteiger partial charge in [0.15, 0.2) is 0 Å². The molecule has 1 amide bonds. The van der Waals surface area contributed by atoms with E-state index in [0.29, 0.717) is 18.7 Å². The Morgan fingerprint density at radius 1 is 1.17 bits per heavy atom. The summed E-state index contributed by atoms with van der Waals surface area (Å²) in [6.07, 6.45) is 4.54. The third kappa shape index (κ3) is 3.70. The molecule has 3 rings (SSSR count). The number of aromatic amines is 1. The molecule has 1 aromatic carbocycles. The molecule has 0 bridgehead atoms. The fourth-order valence-electron chi connectivity index (χ4n) is 2.20. The molecule has 0 saturated carbocycles. The van der Waals surface area contributed by atoms with Gasteiger partial charge in [-0.3, -0.25) is 9.59 Å². The van der Waals surface area contributed by atoms with E-state index < -0.39 is 0 Å². The van der Waals surface area contributed by atoms with E-state index >= 15 is 0 Å². The average Bonchev–Trinajstić information content (AvgIpc) is 3.07. The first-order chi connectivity index (χ1) is 11.2. The third-order valence-electron chi connectivity index (χ3n) is 3.40. The highest BCUT2D eigenvalue weighted by atomic mass is 16.1. The maximum absolute atomic E-state index is 12.1. The van der Waals surface area contributed by atoms with Crippen molar-refractivity contribution in [1.29, 1.82) is 0 Å². The zero-order chi connectivity index (χ0) is 16.1. The first-order valence-corrected chi connectivity index (χ1v) is 7.08. The van der Waals surface area contributed by atoms with Crippen LogP contribution in [0.1, 0.15) is 21.5 Å². The van der Waals surface area contributed by atoms with Crippen molar-refractivity contribution in [2.45, 2.75) is 13.1 Å². The number of carbonyl (C=O) groups excluding carboxylic acids is 1. The van der Waals surface area contributed by atoms with Crippen molar-refractivity contribution >= 4 is 5.91 Å². The predicted molar refractivity (Wildman–Crippen MR) is 83.8 cm³/mol. The molecule has 0 unspecified atom stereocenters. The van der Waals surface area contributed by atoms with Crippen molar-refractivity contribution in [2.24, 2.45) is 0 Å². The van der Waals surface area contributed by atoms with Crippen LogP contribution in [0.3, 0.4) is 0 Å². The van der Waals surface area contributed by atoms with Gasteiger partial charge in [-0.15, -0.1) is 0 Å². The summed E-state index contributed by atoms with van der Waals surface area (Å²) in [7, 11) is 0. The van der Waals surface area contributed by atoms with Crippen molar-refractivity contribution < 1.29 is 4.79 Å². The van der Waals surface area contributed by atoms with E-state index in [1.165, 1.54) is 24.7 Å². The topological polar surface area (TPSA) is 92.7 Å². The van der Waals surface area contributed by atoms with Gasteiger partial charge in [0.25, 0.3) is 5.91 Å². The summed E-state index contributed by atoms with van der Waals surface area (Å²) in [6.45, 7) is 0.980. The molecular weight excluding hydrogens is 294 g/mol. The van der Waals surface area contributed by atoms with Gasteiger partial charge in [0.2, 0.25) is 5.56 Å². The van der Waals surface area contributed by atoms with E-state index in [4.69, 9.17) is 0 Å². The third-order valence-corrected chi connectivity index (χ3v) is 3.40. The number of hydrogen-bond donors (Lipinski definition) is 2. The lowest BCUT2D eigenvalue weighted by molar-refractivity contribution is 0.0950. The van der Waals surface area contributed by atoms with Gasteiger partial charge < -0.3 is 10.3 Å². The second-order valence-electron chi connectivity index (χ2n) is 4.99. The van der Waals surface area contributed by atoms with Crippen LogP contribution in [-0.4, -0.2) is 25.7 Å². The SMILES string of the molecule is O=C(NCc1ccccc1Cn1cncn1)c1ccc(=O)[nH]c1. The fraction of sp³-hybridized carbons (Fsp3) is 0.125. The van der Waals surface area contributed by atoms with Gasteiger partial charge in [0.05, 0.1) is 12.1 Å². The quantitative estimate of drug-likeness (QED) is 0.734. The average molecular weight is 309 g/mol. The lowest BCUT2D eigenvalue weighted by Gasteiger charge is -2.10. The fourth-order valence-corrected chi connectivity index (χ4v) is 2.20. The summed E-state index contributed by atoms with van der Waals surface area (Å²) in [5, 5.41) is 6.94. The highest BCUT2D eigenvalue weighted by Crippen LogP contribution is 2.10. The summed E-state index contributed by atoms with van der Waals surface area (Å²) in [4.78, 5) is 29.5. The van der Waals surface area contributed by atoms with Crippen molar-refractivity contribution in [3.8, 4) is 0 Å². The summed E-state index contributed by atoms with van der Waals surface area (Å²) >= 11 is 0. The molecule has 116 valence electrons. The lowest BCUT2D eigenvalue weighted by Crippen LogP contribution is -2.24. The standard InChI is InChI=1S/C16H15N5O2/c22-15-6-5-13(8-18-15)16(23)19-7-12-3-1-2-4-14(12)9-21-11-17-10-20-21/h1-6,8,10-11H,7,9H2,(H,18,22)(H,19,23). The van der Waals surface area contributed by atoms with Gasteiger partial charge in [-0.05, 0) is 17.2 Å². The Morgan fingerprint density at radius 2 is 2.00 bits per heavy atom. The summed E-state index contributed by atoms with van der Waals surface area (Å²) in [6, 6.07) is 10.6. The van der Waals surface area contributed by atoms with Crippen LogP contribution < -0.4 is 10.9 Å². The van der Waals surface area contributed by atoms with Gasteiger partial charge in [-0.1, -0.05) is 24.3 Å². The summed E-state index contributed by atoms with van der Waals surface area (Å²) in [5.74, 6) is -0.239. The van der Waals surface area contributed by atoms with Crippen LogP contribution >= 0.6 is 0 Å². The largest absolute Gasteiger partial charge is 0.348 e. The zero-order valence-electron chi connectivity index (χ0n) is 12.3. The molecule has 2 heterocycles. The van der Waals surface area contributed by atoms with E-state index in [1.807, 2.05) is 24.3 Å². The zero-order valence-corrected chi connectivity index (χ0v) is 12.3. The van der Waals surface area contributed by atoms with E-state index in [1.54, 1.807) is 11.0 Å². The smallest absolute Gasteiger partial charge is 0.253 e. The molecule has 0 spiro atoms. The number of rotatable bonds is 5. The molecule has 7 heteroatoms. The number of benzene rings is 1. The minimum atomic E-state index is -0.239. The first-order valence-electron chi connectivity index (χ1n) is 7.08. The molecule has 0 radical (unpaired) electrons. The molecule has 7 nitrogen and oxygen atoms in total. The molecule has 0 aliphatic heterocycles. The highest BCUT2D eigenvalue weighted by Gasteiger charge is 2.08. The number of aromatic nitrogens is 4. The Bertz CT molecular complexity index is 834. The normalized spacial score (nSPS) is 10.4.